The van der Waals surface area contributed by atoms with Gasteiger partial charge in [-0.25, -0.2) is 0 Å². The van der Waals surface area contributed by atoms with Crippen LogP contribution in [0.25, 0.3) is 0 Å². The van der Waals surface area contributed by atoms with Gasteiger partial charge >= 0.3 is 13.6 Å². The maximum absolute atomic E-state index is 11.7. The van der Waals surface area contributed by atoms with E-state index in [0.717, 1.165) is 12.8 Å². The van der Waals surface area contributed by atoms with E-state index in [4.69, 9.17) is 24.0 Å². The first kappa shape index (κ1) is 27.8. The summed E-state index contributed by atoms with van der Waals surface area (Å²) in [6.07, 6.45) is 11.5. The molecular weight excluding hydrogens is 359 g/mol. The number of ether oxygens (including phenoxy) is 1. The van der Waals surface area contributed by atoms with Crippen LogP contribution in [0.4, 0.5) is 0 Å². The number of carbonyl (C=O) groups excluding carboxylic acids is 1. The molecule has 0 radical (unpaired) electrons. The van der Waals surface area contributed by atoms with E-state index in [1.165, 1.54) is 59.2 Å². The largest absolute Gasteiger partial charge is 0.465 e. The Hall–Kier alpha value is -0.460. The molecular formula is C18H39O7P. The molecule has 0 bridgehead atoms. The zero-order valence-electron chi connectivity index (χ0n) is 16.8. The van der Waals surface area contributed by atoms with E-state index in [1.54, 1.807) is 0 Å². The number of aliphatic hydroxyl groups excluding tert-OH is 2. The average molecular weight is 398 g/mol. The summed E-state index contributed by atoms with van der Waals surface area (Å²) >= 11 is 0. The minimum absolute atomic E-state index is 0.0786. The van der Waals surface area contributed by atoms with Crippen molar-refractivity contribution >= 4 is 13.6 Å². The van der Waals surface area contributed by atoms with Gasteiger partial charge in [-0.05, 0) is 6.42 Å². The highest BCUT2D eigenvalue weighted by Crippen LogP contribution is 2.45. The third kappa shape index (κ3) is 19.9. The van der Waals surface area contributed by atoms with Gasteiger partial charge in [0.1, 0.15) is 6.61 Å². The van der Waals surface area contributed by atoms with Crippen LogP contribution in [0.3, 0.4) is 0 Å². The van der Waals surface area contributed by atoms with Gasteiger partial charge in [-0.15, -0.1) is 0 Å². The Bertz CT molecular complexity index is 340. The molecule has 0 rings (SSSR count). The van der Waals surface area contributed by atoms with E-state index in [9.17, 15) is 9.36 Å². The van der Waals surface area contributed by atoms with Crippen LogP contribution in [-0.4, -0.2) is 56.4 Å². The Morgan fingerprint density at radius 2 is 1.31 bits per heavy atom. The van der Waals surface area contributed by atoms with Crippen LogP contribution in [0.5, 0.6) is 0 Å². The fourth-order valence-electron chi connectivity index (χ4n) is 2.18. The summed E-state index contributed by atoms with van der Waals surface area (Å²) in [5.41, 5.74) is 0. The van der Waals surface area contributed by atoms with Crippen LogP contribution in [-0.2, 0) is 23.1 Å². The summed E-state index contributed by atoms with van der Waals surface area (Å²) in [6.45, 7) is 2.05. The molecule has 0 amide bonds. The summed E-state index contributed by atoms with van der Waals surface area (Å²) in [6, 6.07) is 0. The van der Waals surface area contributed by atoms with Crippen LogP contribution < -0.4 is 0 Å². The molecule has 0 aromatic carbocycles. The highest BCUT2D eigenvalue weighted by Gasteiger charge is 2.21. The summed E-state index contributed by atoms with van der Waals surface area (Å²) in [5, 5.41) is 15.2. The molecule has 2 N–H and O–H groups in total. The van der Waals surface area contributed by atoms with Gasteiger partial charge in [-0.3, -0.25) is 9.36 Å². The summed E-state index contributed by atoms with van der Waals surface area (Å²) in [4.78, 5) is 11.5. The second-order valence-corrected chi connectivity index (χ2v) is 8.35. The maximum Gasteiger partial charge on any atom is 0.333 e. The van der Waals surface area contributed by atoms with E-state index in [0.29, 0.717) is 6.42 Å². The SMILES string of the molecule is CCCCCCCCCCCC(=O)OCCP(=O)(OC)OC.OCCO. The quantitative estimate of drug-likeness (QED) is 0.231. The first-order chi connectivity index (χ1) is 12.5. The lowest BCUT2D eigenvalue weighted by Crippen LogP contribution is -2.09. The molecule has 7 nitrogen and oxygen atoms in total. The van der Waals surface area contributed by atoms with E-state index >= 15 is 0 Å². The minimum atomic E-state index is -3.07. The average Bonchev–Trinajstić information content (AvgIpc) is 2.66. The van der Waals surface area contributed by atoms with Crippen LogP contribution in [0.15, 0.2) is 0 Å². The number of hydrogen-bond donors (Lipinski definition) is 2. The third-order valence-corrected chi connectivity index (χ3v) is 5.61. The Labute approximate surface area is 159 Å². The lowest BCUT2D eigenvalue weighted by atomic mass is 10.1. The van der Waals surface area contributed by atoms with Crippen LogP contribution >= 0.6 is 7.60 Å². The molecule has 0 fully saturated rings. The topological polar surface area (TPSA) is 102 Å². The molecule has 158 valence electrons. The minimum Gasteiger partial charge on any atom is -0.465 e. The monoisotopic (exact) mass is 398 g/mol. The van der Waals surface area contributed by atoms with Gasteiger partial charge in [-0.1, -0.05) is 58.3 Å². The zero-order chi connectivity index (χ0) is 20.1. The van der Waals surface area contributed by atoms with Gasteiger partial charge in [0.2, 0.25) is 0 Å². The normalized spacial score (nSPS) is 11.0. The molecule has 0 saturated heterocycles. The fourth-order valence-corrected chi connectivity index (χ4v) is 3.01. The molecule has 8 heteroatoms. The number of carbonyl (C=O) groups is 1. The zero-order valence-corrected chi connectivity index (χ0v) is 17.7. The van der Waals surface area contributed by atoms with Gasteiger partial charge < -0.3 is 24.0 Å². The Kier molecular flexibility index (Phi) is 22.3. The standard InChI is InChI=1S/C16H33O5P.C2H6O2/c1-4-5-6-7-8-9-10-11-12-13-16(17)21-14-15-22(18,19-2)20-3;3-1-2-4/h4-15H2,1-3H3;3-4H,1-2H2. The van der Waals surface area contributed by atoms with Crippen molar-refractivity contribution in [2.75, 3.05) is 40.2 Å². The molecule has 0 spiro atoms. The molecule has 0 aromatic rings. The van der Waals surface area contributed by atoms with E-state index < -0.39 is 7.60 Å². The smallest absolute Gasteiger partial charge is 0.333 e. The van der Waals surface area contributed by atoms with Gasteiger partial charge in [-0.2, -0.15) is 0 Å². The number of rotatable bonds is 16. The maximum atomic E-state index is 11.7. The van der Waals surface area contributed by atoms with Crippen LogP contribution in [0.2, 0.25) is 0 Å². The number of unbranched alkanes of at least 4 members (excludes halogenated alkanes) is 8. The molecule has 0 heterocycles. The summed E-state index contributed by atoms with van der Waals surface area (Å²) in [7, 11) is -0.412. The third-order valence-electron chi connectivity index (χ3n) is 3.77. The first-order valence-electron chi connectivity index (χ1n) is 9.57. The van der Waals surface area contributed by atoms with Crippen molar-refractivity contribution in [3.63, 3.8) is 0 Å². The molecule has 0 aliphatic heterocycles. The molecule has 0 aromatic heterocycles. The lowest BCUT2D eigenvalue weighted by molar-refractivity contribution is -0.143. The van der Waals surface area contributed by atoms with Crippen LogP contribution in [0.1, 0.15) is 71.1 Å². The summed E-state index contributed by atoms with van der Waals surface area (Å²) in [5.74, 6) is -0.235. The van der Waals surface area contributed by atoms with Crippen molar-refractivity contribution in [1.82, 2.24) is 0 Å². The molecule has 0 atom stereocenters. The van der Waals surface area contributed by atoms with Gasteiger partial charge in [0.05, 0.1) is 19.4 Å². The Balaban J connectivity index is 0. The fraction of sp³-hybridized carbons (Fsp3) is 0.944. The van der Waals surface area contributed by atoms with Crippen molar-refractivity contribution in [2.24, 2.45) is 0 Å². The van der Waals surface area contributed by atoms with Crippen molar-refractivity contribution < 1.29 is 33.4 Å². The number of aliphatic hydroxyl groups is 2. The van der Waals surface area contributed by atoms with Gasteiger partial charge in [0, 0.05) is 20.6 Å². The van der Waals surface area contributed by atoms with Crippen LogP contribution in [0, 0.1) is 0 Å². The second kappa shape index (κ2) is 20.8. The van der Waals surface area contributed by atoms with Crippen molar-refractivity contribution in [3.8, 4) is 0 Å². The summed E-state index contributed by atoms with van der Waals surface area (Å²) < 4.78 is 26.3. The predicted octanol–water partition coefficient (Wildman–Crippen LogP) is 3.91. The van der Waals surface area contributed by atoms with E-state index in [-0.39, 0.29) is 32.0 Å². The Morgan fingerprint density at radius 1 is 0.846 bits per heavy atom. The van der Waals surface area contributed by atoms with Crippen molar-refractivity contribution in [2.45, 2.75) is 71.1 Å². The first-order valence-corrected chi connectivity index (χ1v) is 11.3. The van der Waals surface area contributed by atoms with Crippen molar-refractivity contribution in [1.29, 1.82) is 0 Å². The van der Waals surface area contributed by atoms with Gasteiger partial charge in [0.25, 0.3) is 0 Å². The van der Waals surface area contributed by atoms with Gasteiger partial charge in [0.15, 0.2) is 0 Å². The van der Waals surface area contributed by atoms with Crippen molar-refractivity contribution in [3.05, 3.63) is 0 Å². The van der Waals surface area contributed by atoms with E-state index in [2.05, 4.69) is 6.92 Å². The highest BCUT2D eigenvalue weighted by molar-refractivity contribution is 7.53. The molecule has 0 aliphatic carbocycles. The Morgan fingerprint density at radius 3 is 1.73 bits per heavy atom. The molecule has 0 saturated carbocycles. The highest BCUT2D eigenvalue weighted by atomic mass is 31.2. The number of esters is 1. The molecule has 26 heavy (non-hydrogen) atoms. The number of hydrogen-bond acceptors (Lipinski definition) is 7. The predicted molar refractivity (Wildman–Crippen MR) is 103 cm³/mol. The molecule has 0 unspecified atom stereocenters. The lowest BCUT2D eigenvalue weighted by Gasteiger charge is -2.13. The second-order valence-electron chi connectivity index (χ2n) is 5.95. The molecule has 0 aliphatic rings. The van der Waals surface area contributed by atoms with E-state index in [1.807, 2.05) is 0 Å².